The molecule has 4 nitrogen and oxygen atoms in total. The van der Waals surface area contributed by atoms with Crippen LogP contribution in [0.5, 0.6) is 0 Å². The molecule has 7 aromatic rings. The van der Waals surface area contributed by atoms with Crippen molar-refractivity contribution in [2.75, 3.05) is 9.80 Å². The fourth-order valence-corrected chi connectivity index (χ4v) is 8.15. The van der Waals surface area contributed by atoms with Gasteiger partial charge >= 0.3 is 0 Å². The highest BCUT2D eigenvalue weighted by atomic mass is 15.2. The number of hydrogen-bond donors (Lipinski definition) is 0. The van der Waals surface area contributed by atoms with E-state index in [-0.39, 0.29) is 12.1 Å². The maximum atomic E-state index is 11.0. The van der Waals surface area contributed by atoms with Crippen LogP contribution in [0.4, 0.5) is 34.1 Å². The molecule has 0 atom stereocenters. The van der Waals surface area contributed by atoms with E-state index in [0.29, 0.717) is 11.1 Å². The summed E-state index contributed by atoms with van der Waals surface area (Å²) in [6.07, 6.45) is 0. The number of rotatable bonds is 4. The summed E-state index contributed by atoms with van der Waals surface area (Å²) in [5.41, 5.74) is 15.2. The molecule has 2 aliphatic heterocycles. The Bertz CT molecular complexity index is 2440. The van der Waals surface area contributed by atoms with E-state index in [1.165, 1.54) is 0 Å². The zero-order valence-electron chi connectivity index (χ0n) is 29.9. The van der Waals surface area contributed by atoms with E-state index in [4.69, 9.17) is 0 Å². The lowest BCUT2D eigenvalue weighted by molar-refractivity contribution is 0.590. The lowest BCUT2D eigenvalue weighted by Crippen LogP contribution is -2.62. The van der Waals surface area contributed by atoms with Gasteiger partial charge in [0.2, 0.25) is 0 Å². The third-order valence-corrected chi connectivity index (χ3v) is 10.6. The fraction of sp³-hybridized carbons (Fsp3) is 0.0833. The topological polar surface area (TPSA) is 54.1 Å². The van der Waals surface area contributed by atoms with Crippen LogP contribution in [0.1, 0.15) is 37.5 Å². The highest BCUT2D eigenvalue weighted by Crippen LogP contribution is 2.48. The molecule has 0 N–H and O–H groups in total. The summed E-state index contributed by atoms with van der Waals surface area (Å²) in [7, 11) is 0. The average molecular weight is 679 g/mol. The first-order valence-electron chi connectivity index (χ1n) is 18.0. The van der Waals surface area contributed by atoms with E-state index in [2.05, 4.69) is 140 Å². The van der Waals surface area contributed by atoms with Gasteiger partial charge in [-0.1, -0.05) is 130 Å². The van der Waals surface area contributed by atoms with Gasteiger partial charge in [0.15, 0.2) is 0 Å². The van der Waals surface area contributed by atoms with Crippen molar-refractivity contribution in [3.63, 3.8) is 0 Å². The minimum absolute atomic E-state index is 0.198. The molecule has 0 radical (unpaired) electrons. The lowest BCUT2D eigenvalue weighted by Gasteiger charge is -2.45. The number of hydrogen-bond acceptors (Lipinski definition) is 4. The molecule has 0 saturated heterocycles. The average Bonchev–Trinajstić information content (AvgIpc) is 3.20. The number of anilines is 6. The van der Waals surface area contributed by atoms with Gasteiger partial charge in [-0.3, -0.25) is 0 Å². The molecular weight excluding hydrogens is 643 g/mol. The van der Waals surface area contributed by atoms with E-state index in [0.717, 1.165) is 78.3 Å². The van der Waals surface area contributed by atoms with Gasteiger partial charge in [0.05, 0.1) is 22.5 Å². The molecule has 250 valence electrons. The second-order valence-electron chi connectivity index (χ2n) is 14.8. The highest BCUT2D eigenvalue weighted by Gasteiger charge is 2.46. The normalized spacial score (nSPS) is 12.7. The van der Waals surface area contributed by atoms with Crippen LogP contribution in [0.2, 0.25) is 0 Å². The molecule has 9 rings (SSSR count). The Balaban J connectivity index is 1.48. The Hall–Kier alpha value is -6.82. The van der Waals surface area contributed by atoms with E-state index >= 15 is 0 Å². The summed E-state index contributed by atoms with van der Waals surface area (Å²) >= 11 is 0. The van der Waals surface area contributed by atoms with Crippen molar-refractivity contribution >= 4 is 57.2 Å². The van der Waals surface area contributed by atoms with Crippen molar-refractivity contribution in [1.29, 1.82) is 10.5 Å². The minimum atomic E-state index is -0.273. The van der Waals surface area contributed by atoms with Gasteiger partial charge in [-0.05, 0) is 98.2 Å². The zero-order valence-corrected chi connectivity index (χ0v) is 29.9. The molecule has 0 saturated carbocycles. The van der Waals surface area contributed by atoms with Crippen LogP contribution in [0.3, 0.4) is 0 Å². The van der Waals surface area contributed by atoms with Crippen molar-refractivity contribution < 1.29 is 0 Å². The standard InChI is InChI=1S/C48H35BN4/c1-48(2,3)38-28-43-45-44(29-38)53(40-22-14-7-15-23-40)47-37(31-51)25-35(33-18-10-5-11-19-33)27-42(47)49(45)41-26-34(32-16-8-4-9-17-32)24-36(30-50)46(41)52(43)39-20-12-6-13-21-39/h4-29H,1-3H3. The van der Waals surface area contributed by atoms with Gasteiger partial charge in [0, 0.05) is 22.7 Å². The molecule has 0 aromatic heterocycles. The van der Waals surface area contributed by atoms with Crippen LogP contribution in [0.25, 0.3) is 22.3 Å². The summed E-state index contributed by atoms with van der Waals surface area (Å²) in [6.45, 7) is 6.45. The number of para-hydroxylation sites is 2. The number of fused-ring (bicyclic) bond motifs is 4. The Morgan fingerprint density at radius 1 is 0.472 bits per heavy atom. The molecule has 7 aromatic carbocycles. The van der Waals surface area contributed by atoms with Crippen LogP contribution >= 0.6 is 0 Å². The van der Waals surface area contributed by atoms with Crippen LogP contribution in [0.15, 0.2) is 158 Å². The molecule has 5 heteroatoms. The molecule has 0 amide bonds. The van der Waals surface area contributed by atoms with Crippen molar-refractivity contribution in [2.45, 2.75) is 26.2 Å². The molecule has 0 aliphatic carbocycles. The summed E-state index contributed by atoms with van der Waals surface area (Å²) in [5, 5.41) is 22.0. The second kappa shape index (κ2) is 12.4. The quantitative estimate of drug-likeness (QED) is 0.174. The number of nitrogens with zero attached hydrogens (tertiary/aromatic N) is 4. The summed E-state index contributed by atoms with van der Waals surface area (Å²) in [4.78, 5) is 4.60. The largest absolute Gasteiger partial charge is 0.310 e. The highest BCUT2D eigenvalue weighted by molar-refractivity contribution is 7.00. The van der Waals surface area contributed by atoms with Crippen molar-refractivity contribution in [3.8, 4) is 34.4 Å². The molecular formula is C48H35BN4. The molecule has 0 fully saturated rings. The molecule has 0 bridgehead atoms. The maximum absolute atomic E-state index is 11.0. The predicted molar refractivity (Wildman–Crippen MR) is 219 cm³/mol. The smallest absolute Gasteiger partial charge is 0.252 e. The van der Waals surface area contributed by atoms with Crippen molar-refractivity contribution in [1.82, 2.24) is 0 Å². The summed E-state index contributed by atoms with van der Waals surface area (Å²) in [5.74, 6) is 0. The number of nitriles is 2. The Morgan fingerprint density at radius 3 is 1.21 bits per heavy atom. The predicted octanol–water partition coefficient (Wildman–Crippen LogP) is 10.1. The zero-order chi connectivity index (χ0) is 36.3. The molecule has 53 heavy (non-hydrogen) atoms. The molecule has 2 heterocycles. The Kier molecular flexibility index (Phi) is 7.54. The van der Waals surface area contributed by atoms with Crippen LogP contribution in [-0.2, 0) is 5.41 Å². The molecule has 2 aliphatic rings. The maximum Gasteiger partial charge on any atom is 0.252 e. The van der Waals surface area contributed by atoms with E-state index in [1.54, 1.807) is 0 Å². The van der Waals surface area contributed by atoms with Crippen LogP contribution < -0.4 is 26.2 Å². The van der Waals surface area contributed by atoms with E-state index < -0.39 is 0 Å². The molecule has 0 unspecified atom stereocenters. The SMILES string of the molecule is CC(C)(C)c1cc2c3c(c1)N(c1ccccc1)c1c(C#N)cc(-c4ccccc4)cc1B3c1cc(-c3ccccc3)cc(C#N)c1N2c1ccccc1. The molecule has 0 spiro atoms. The van der Waals surface area contributed by atoms with Crippen molar-refractivity contribution in [3.05, 3.63) is 174 Å². The van der Waals surface area contributed by atoms with Crippen molar-refractivity contribution in [2.24, 2.45) is 0 Å². The third-order valence-electron chi connectivity index (χ3n) is 10.6. The van der Waals surface area contributed by atoms with Gasteiger partial charge < -0.3 is 9.80 Å². The van der Waals surface area contributed by atoms with E-state index in [9.17, 15) is 10.5 Å². The second-order valence-corrected chi connectivity index (χ2v) is 14.8. The number of benzene rings is 7. The monoisotopic (exact) mass is 678 g/mol. The van der Waals surface area contributed by atoms with Gasteiger partial charge in [0.1, 0.15) is 12.1 Å². The first-order chi connectivity index (χ1) is 25.9. The third kappa shape index (κ3) is 5.21. The first kappa shape index (κ1) is 32.1. The Morgan fingerprint density at radius 2 is 0.849 bits per heavy atom. The fourth-order valence-electron chi connectivity index (χ4n) is 8.15. The van der Waals surface area contributed by atoms with Crippen LogP contribution in [0, 0.1) is 22.7 Å². The minimum Gasteiger partial charge on any atom is -0.310 e. The van der Waals surface area contributed by atoms with Gasteiger partial charge in [-0.2, -0.15) is 10.5 Å². The first-order valence-corrected chi connectivity index (χ1v) is 18.0. The van der Waals surface area contributed by atoms with Crippen LogP contribution in [-0.4, -0.2) is 6.71 Å². The summed E-state index contributed by atoms with van der Waals surface area (Å²) < 4.78 is 0. The van der Waals surface area contributed by atoms with Gasteiger partial charge in [0.25, 0.3) is 6.71 Å². The van der Waals surface area contributed by atoms with Gasteiger partial charge in [-0.15, -0.1) is 0 Å². The van der Waals surface area contributed by atoms with E-state index in [1.807, 2.05) is 60.7 Å². The summed E-state index contributed by atoms with van der Waals surface area (Å²) in [6, 6.07) is 59.9. The lowest BCUT2D eigenvalue weighted by atomic mass is 9.33. The van der Waals surface area contributed by atoms with Gasteiger partial charge in [-0.25, -0.2) is 0 Å². The Labute approximate surface area is 311 Å².